The minimum Gasteiger partial charge on any atom is -0.375 e. The average Bonchev–Trinajstić information content (AvgIpc) is 2.60. The van der Waals surface area contributed by atoms with Gasteiger partial charge in [-0.3, -0.25) is 4.79 Å². The van der Waals surface area contributed by atoms with Crippen molar-refractivity contribution < 1.29 is 9.53 Å². The van der Waals surface area contributed by atoms with Gasteiger partial charge in [0.25, 0.3) is 5.91 Å². The number of hydrogen-bond donors (Lipinski definition) is 0. The molecule has 120 valence electrons. The largest absolute Gasteiger partial charge is 0.375 e. The van der Waals surface area contributed by atoms with Crippen molar-refractivity contribution >= 4 is 5.91 Å². The summed E-state index contributed by atoms with van der Waals surface area (Å²) >= 11 is 0. The minimum absolute atomic E-state index is 0.115. The van der Waals surface area contributed by atoms with E-state index >= 15 is 0 Å². The van der Waals surface area contributed by atoms with Gasteiger partial charge in [0.2, 0.25) is 0 Å². The Morgan fingerprint density at radius 1 is 1.09 bits per heavy atom. The Labute approximate surface area is 137 Å². The molecule has 3 nitrogen and oxygen atoms in total. The number of carbonyl (C=O) groups excluding carboxylic acids is 1. The molecule has 1 saturated heterocycles. The summed E-state index contributed by atoms with van der Waals surface area (Å²) in [7, 11) is 0. The van der Waals surface area contributed by atoms with Crippen LogP contribution in [0.15, 0.2) is 54.6 Å². The van der Waals surface area contributed by atoms with E-state index in [9.17, 15) is 4.79 Å². The number of benzene rings is 2. The van der Waals surface area contributed by atoms with Crippen LogP contribution >= 0.6 is 0 Å². The van der Waals surface area contributed by atoms with Gasteiger partial charge in [0, 0.05) is 18.7 Å². The Morgan fingerprint density at radius 3 is 2.61 bits per heavy atom. The van der Waals surface area contributed by atoms with Gasteiger partial charge in [-0.2, -0.15) is 0 Å². The SMILES string of the molecule is CC1CN(C(=O)c2ccccc2CCc2ccccc2)CCO1. The Bertz CT molecular complexity index is 654. The number of morpholine rings is 1. The van der Waals surface area contributed by atoms with Crippen LogP contribution in [0.1, 0.15) is 28.4 Å². The maximum Gasteiger partial charge on any atom is 0.254 e. The Hall–Kier alpha value is -2.13. The van der Waals surface area contributed by atoms with E-state index < -0.39 is 0 Å². The number of carbonyl (C=O) groups is 1. The molecule has 1 fully saturated rings. The highest BCUT2D eigenvalue weighted by Gasteiger charge is 2.23. The van der Waals surface area contributed by atoms with Crippen molar-refractivity contribution in [2.24, 2.45) is 0 Å². The van der Waals surface area contributed by atoms with Crippen molar-refractivity contribution in [2.45, 2.75) is 25.9 Å². The van der Waals surface area contributed by atoms with E-state index in [2.05, 4.69) is 30.3 Å². The normalized spacial score (nSPS) is 18.0. The summed E-state index contributed by atoms with van der Waals surface area (Å²) in [6, 6.07) is 18.4. The fourth-order valence-electron chi connectivity index (χ4n) is 3.04. The molecular weight excluding hydrogens is 286 g/mol. The first kappa shape index (κ1) is 15.8. The molecule has 0 bridgehead atoms. The van der Waals surface area contributed by atoms with Gasteiger partial charge in [-0.25, -0.2) is 0 Å². The molecule has 0 spiro atoms. The fraction of sp³-hybridized carbons (Fsp3) is 0.350. The fourth-order valence-corrected chi connectivity index (χ4v) is 3.04. The zero-order chi connectivity index (χ0) is 16.1. The first-order valence-corrected chi connectivity index (χ1v) is 8.27. The molecule has 3 heteroatoms. The van der Waals surface area contributed by atoms with Crippen LogP contribution in [-0.2, 0) is 17.6 Å². The lowest BCUT2D eigenvalue weighted by molar-refractivity contribution is -0.0124. The van der Waals surface area contributed by atoms with Crippen molar-refractivity contribution in [2.75, 3.05) is 19.7 Å². The van der Waals surface area contributed by atoms with Crippen LogP contribution in [0.4, 0.5) is 0 Å². The first-order valence-electron chi connectivity index (χ1n) is 8.27. The van der Waals surface area contributed by atoms with E-state index in [0.29, 0.717) is 19.7 Å². The molecule has 3 rings (SSSR count). The van der Waals surface area contributed by atoms with Crippen LogP contribution in [0.25, 0.3) is 0 Å². The second kappa shape index (κ2) is 7.42. The second-order valence-electron chi connectivity index (χ2n) is 6.08. The monoisotopic (exact) mass is 309 g/mol. The predicted molar refractivity (Wildman–Crippen MR) is 91.6 cm³/mol. The molecule has 1 aliphatic rings. The number of ether oxygens (including phenoxy) is 1. The van der Waals surface area contributed by atoms with Crippen LogP contribution in [0.2, 0.25) is 0 Å². The molecule has 1 aliphatic heterocycles. The maximum absolute atomic E-state index is 12.8. The molecule has 2 aromatic rings. The molecule has 0 N–H and O–H groups in total. The van der Waals surface area contributed by atoms with Gasteiger partial charge in [0.1, 0.15) is 0 Å². The Balaban J connectivity index is 1.73. The summed E-state index contributed by atoms with van der Waals surface area (Å²) in [6.45, 7) is 3.99. The van der Waals surface area contributed by atoms with Crippen molar-refractivity contribution in [1.82, 2.24) is 4.90 Å². The summed E-state index contributed by atoms with van der Waals surface area (Å²) < 4.78 is 5.54. The third-order valence-electron chi connectivity index (χ3n) is 4.30. The van der Waals surface area contributed by atoms with Gasteiger partial charge in [-0.15, -0.1) is 0 Å². The smallest absolute Gasteiger partial charge is 0.254 e. The molecule has 0 saturated carbocycles. The summed E-state index contributed by atoms with van der Waals surface area (Å²) in [5.74, 6) is 0.129. The van der Waals surface area contributed by atoms with E-state index in [0.717, 1.165) is 24.0 Å². The van der Waals surface area contributed by atoms with Crippen LogP contribution < -0.4 is 0 Å². The van der Waals surface area contributed by atoms with Crippen molar-refractivity contribution in [3.63, 3.8) is 0 Å². The van der Waals surface area contributed by atoms with E-state index in [1.807, 2.05) is 36.1 Å². The van der Waals surface area contributed by atoms with Gasteiger partial charge >= 0.3 is 0 Å². The maximum atomic E-state index is 12.8. The number of aryl methyl sites for hydroxylation is 2. The summed E-state index contributed by atoms with van der Waals surface area (Å²) in [5, 5.41) is 0. The summed E-state index contributed by atoms with van der Waals surface area (Å²) in [6.07, 6.45) is 1.94. The molecule has 2 aromatic carbocycles. The number of amides is 1. The first-order chi connectivity index (χ1) is 11.2. The standard InChI is InChI=1S/C20H23NO2/c1-16-15-21(13-14-23-16)20(22)19-10-6-5-9-18(19)12-11-17-7-3-2-4-8-17/h2-10,16H,11-15H2,1H3. The summed E-state index contributed by atoms with van der Waals surface area (Å²) in [5.41, 5.74) is 3.26. The van der Waals surface area contributed by atoms with E-state index in [-0.39, 0.29) is 12.0 Å². The lowest BCUT2D eigenvalue weighted by Crippen LogP contribution is -2.44. The average molecular weight is 309 g/mol. The lowest BCUT2D eigenvalue weighted by Gasteiger charge is -2.31. The minimum atomic E-state index is 0.115. The number of rotatable bonds is 4. The molecule has 0 aliphatic carbocycles. The highest BCUT2D eigenvalue weighted by atomic mass is 16.5. The highest BCUT2D eigenvalue weighted by molar-refractivity contribution is 5.95. The van der Waals surface area contributed by atoms with E-state index in [4.69, 9.17) is 4.74 Å². The van der Waals surface area contributed by atoms with Crippen LogP contribution in [-0.4, -0.2) is 36.6 Å². The Kier molecular flexibility index (Phi) is 5.09. The van der Waals surface area contributed by atoms with Gasteiger partial charge in [0.05, 0.1) is 12.7 Å². The molecular formula is C20H23NO2. The van der Waals surface area contributed by atoms with E-state index in [1.54, 1.807) is 0 Å². The van der Waals surface area contributed by atoms with Crippen LogP contribution in [0.3, 0.4) is 0 Å². The molecule has 0 radical (unpaired) electrons. The zero-order valence-electron chi connectivity index (χ0n) is 13.6. The van der Waals surface area contributed by atoms with Crippen LogP contribution in [0.5, 0.6) is 0 Å². The third kappa shape index (κ3) is 3.99. The van der Waals surface area contributed by atoms with Gasteiger partial charge in [-0.05, 0) is 37.0 Å². The predicted octanol–water partition coefficient (Wildman–Crippen LogP) is 3.33. The van der Waals surface area contributed by atoms with Crippen molar-refractivity contribution in [3.05, 3.63) is 71.3 Å². The zero-order valence-corrected chi connectivity index (χ0v) is 13.6. The quantitative estimate of drug-likeness (QED) is 0.867. The molecule has 23 heavy (non-hydrogen) atoms. The Morgan fingerprint density at radius 2 is 1.83 bits per heavy atom. The van der Waals surface area contributed by atoms with Crippen molar-refractivity contribution in [3.8, 4) is 0 Å². The molecule has 1 atom stereocenters. The molecule has 1 amide bonds. The van der Waals surface area contributed by atoms with Crippen LogP contribution in [0, 0.1) is 0 Å². The van der Waals surface area contributed by atoms with Gasteiger partial charge in [-0.1, -0.05) is 48.5 Å². The van der Waals surface area contributed by atoms with Crippen molar-refractivity contribution in [1.29, 1.82) is 0 Å². The highest BCUT2D eigenvalue weighted by Crippen LogP contribution is 2.17. The van der Waals surface area contributed by atoms with Gasteiger partial charge in [0.15, 0.2) is 0 Å². The third-order valence-corrected chi connectivity index (χ3v) is 4.30. The summed E-state index contributed by atoms with van der Waals surface area (Å²) in [4.78, 5) is 14.8. The second-order valence-corrected chi connectivity index (χ2v) is 6.08. The molecule has 1 unspecified atom stereocenters. The topological polar surface area (TPSA) is 29.5 Å². The number of nitrogens with zero attached hydrogens (tertiary/aromatic N) is 1. The molecule has 1 heterocycles. The molecule has 0 aromatic heterocycles. The lowest BCUT2D eigenvalue weighted by atomic mass is 9.99. The van der Waals surface area contributed by atoms with Gasteiger partial charge < -0.3 is 9.64 Å². The number of hydrogen-bond acceptors (Lipinski definition) is 2. The van der Waals surface area contributed by atoms with E-state index in [1.165, 1.54) is 5.56 Å².